The van der Waals surface area contributed by atoms with E-state index in [0.717, 1.165) is 50.2 Å². The molecule has 1 amide bonds. The molecule has 2 aliphatic heterocycles. The van der Waals surface area contributed by atoms with E-state index in [2.05, 4.69) is 4.98 Å². The molecule has 1 aromatic heterocycles. The van der Waals surface area contributed by atoms with Crippen LogP contribution in [0.3, 0.4) is 0 Å². The van der Waals surface area contributed by atoms with Gasteiger partial charge in [0.05, 0.1) is 11.6 Å². The lowest BCUT2D eigenvalue weighted by Crippen LogP contribution is -2.50. The molecule has 0 radical (unpaired) electrons. The Morgan fingerprint density at radius 2 is 1.83 bits per heavy atom. The van der Waals surface area contributed by atoms with Crippen LogP contribution in [0.25, 0.3) is 0 Å². The molecule has 2 unspecified atom stereocenters. The Kier molecular flexibility index (Phi) is 5.48. The lowest BCUT2D eigenvalue weighted by molar-refractivity contribution is -0.138. The molecule has 29 heavy (non-hydrogen) atoms. The number of aromatic nitrogens is 1. The number of anilines is 1. The number of fused-ring (bicyclic) bond motifs is 1. The van der Waals surface area contributed by atoms with Gasteiger partial charge in [-0.2, -0.15) is 13.2 Å². The first-order valence-electron chi connectivity index (χ1n) is 10.0. The maximum Gasteiger partial charge on any atom is 0.417 e. The van der Waals surface area contributed by atoms with E-state index in [1.165, 1.54) is 6.07 Å². The molecule has 2 atom stereocenters. The zero-order chi connectivity index (χ0) is 20.4. The lowest BCUT2D eigenvalue weighted by Gasteiger charge is -2.39. The van der Waals surface area contributed by atoms with Gasteiger partial charge in [0.1, 0.15) is 5.82 Å². The van der Waals surface area contributed by atoms with E-state index >= 15 is 0 Å². The van der Waals surface area contributed by atoms with Gasteiger partial charge in [-0.25, -0.2) is 4.98 Å². The van der Waals surface area contributed by atoms with Crippen molar-refractivity contribution in [1.82, 2.24) is 9.88 Å². The van der Waals surface area contributed by atoms with Crippen LogP contribution >= 0.6 is 0 Å². The Bertz CT molecular complexity index is 839. The number of nitrogens with zero attached hydrogens (tertiary/aromatic N) is 3. The van der Waals surface area contributed by atoms with Gasteiger partial charge in [0, 0.05) is 32.3 Å². The topological polar surface area (TPSA) is 36.4 Å². The van der Waals surface area contributed by atoms with Crippen molar-refractivity contribution in [3.8, 4) is 0 Å². The maximum absolute atomic E-state index is 12.8. The first kappa shape index (κ1) is 19.7. The zero-order valence-corrected chi connectivity index (χ0v) is 16.1. The van der Waals surface area contributed by atoms with Crippen LogP contribution < -0.4 is 4.90 Å². The second-order valence-electron chi connectivity index (χ2n) is 7.83. The quantitative estimate of drug-likeness (QED) is 0.769. The van der Waals surface area contributed by atoms with Crippen LogP contribution in [-0.2, 0) is 17.4 Å². The first-order valence-corrected chi connectivity index (χ1v) is 10.0. The fourth-order valence-electron chi connectivity index (χ4n) is 4.44. The van der Waals surface area contributed by atoms with E-state index in [1.54, 1.807) is 0 Å². The number of amides is 1. The number of likely N-dealkylation sites (tertiary alicyclic amines) is 1. The van der Waals surface area contributed by atoms with Crippen molar-refractivity contribution in [2.45, 2.75) is 37.9 Å². The summed E-state index contributed by atoms with van der Waals surface area (Å²) in [5, 5.41) is 0. The van der Waals surface area contributed by atoms with Crippen LogP contribution in [0.2, 0.25) is 0 Å². The molecule has 4 nitrogen and oxygen atoms in total. The molecule has 2 aliphatic rings. The minimum absolute atomic E-state index is 0.108. The highest BCUT2D eigenvalue weighted by Crippen LogP contribution is 2.34. The second kappa shape index (κ2) is 8.05. The molecule has 7 heteroatoms. The molecule has 4 rings (SSSR count). The summed E-state index contributed by atoms with van der Waals surface area (Å²) >= 11 is 0. The van der Waals surface area contributed by atoms with Crippen LogP contribution in [0.4, 0.5) is 19.0 Å². The Hall–Kier alpha value is -2.57. The van der Waals surface area contributed by atoms with Gasteiger partial charge < -0.3 is 9.80 Å². The van der Waals surface area contributed by atoms with Crippen molar-refractivity contribution in [2.24, 2.45) is 5.92 Å². The third-order valence-electron chi connectivity index (χ3n) is 6.05. The number of pyridine rings is 1. The largest absolute Gasteiger partial charge is 0.417 e. The summed E-state index contributed by atoms with van der Waals surface area (Å²) in [7, 11) is 0. The van der Waals surface area contributed by atoms with E-state index in [1.807, 2.05) is 40.1 Å². The predicted octanol–water partition coefficient (Wildman–Crippen LogP) is 4.16. The van der Waals surface area contributed by atoms with Gasteiger partial charge in [-0.1, -0.05) is 30.3 Å². The van der Waals surface area contributed by atoms with Gasteiger partial charge in [-0.15, -0.1) is 0 Å². The van der Waals surface area contributed by atoms with Crippen molar-refractivity contribution >= 4 is 11.7 Å². The summed E-state index contributed by atoms with van der Waals surface area (Å²) in [6.45, 7) is 2.14. The highest BCUT2D eigenvalue weighted by molar-refractivity contribution is 5.77. The van der Waals surface area contributed by atoms with Crippen LogP contribution in [0.1, 0.15) is 30.4 Å². The number of halogens is 3. The summed E-state index contributed by atoms with van der Waals surface area (Å²) < 4.78 is 38.3. The van der Waals surface area contributed by atoms with Crippen molar-refractivity contribution in [2.75, 3.05) is 24.5 Å². The lowest BCUT2D eigenvalue weighted by atomic mass is 9.92. The Morgan fingerprint density at radius 1 is 1.07 bits per heavy atom. The molecule has 2 fully saturated rings. The molecular weight excluding hydrogens is 379 g/mol. The van der Waals surface area contributed by atoms with E-state index < -0.39 is 11.7 Å². The number of carbonyl (C=O) groups excluding carboxylic acids is 1. The molecule has 0 bridgehead atoms. The standard InChI is InChI=1S/C22H24F3N3O/c23-22(24,25)18-7-8-20(26-14-18)27-12-10-17-11-13-28(19(17)15-27)21(29)9-6-16-4-2-1-3-5-16/h1-5,7-8,14,17,19H,6,9-13,15H2. The van der Waals surface area contributed by atoms with Crippen molar-refractivity contribution < 1.29 is 18.0 Å². The third kappa shape index (κ3) is 4.38. The van der Waals surface area contributed by atoms with Gasteiger partial charge >= 0.3 is 6.18 Å². The smallest absolute Gasteiger partial charge is 0.355 e. The van der Waals surface area contributed by atoms with Crippen LogP contribution in [0, 0.1) is 5.92 Å². The maximum atomic E-state index is 12.8. The number of hydrogen-bond donors (Lipinski definition) is 0. The normalized spacial score (nSPS) is 21.9. The number of piperidine rings is 1. The molecule has 0 aliphatic carbocycles. The average Bonchev–Trinajstić information content (AvgIpc) is 3.15. The summed E-state index contributed by atoms with van der Waals surface area (Å²) in [6.07, 6.45) is -0.375. The fourth-order valence-corrected chi connectivity index (χ4v) is 4.44. The summed E-state index contributed by atoms with van der Waals surface area (Å²) in [5.41, 5.74) is 0.408. The zero-order valence-electron chi connectivity index (χ0n) is 16.1. The van der Waals surface area contributed by atoms with Crippen molar-refractivity contribution in [3.63, 3.8) is 0 Å². The van der Waals surface area contributed by atoms with E-state index in [9.17, 15) is 18.0 Å². The van der Waals surface area contributed by atoms with E-state index in [4.69, 9.17) is 0 Å². The molecule has 154 valence electrons. The molecule has 0 N–H and O–H groups in total. The molecule has 2 saturated heterocycles. The Morgan fingerprint density at radius 3 is 2.52 bits per heavy atom. The van der Waals surface area contributed by atoms with Gasteiger partial charge in [0.25, 0.3) is 0 Å². The van der Waals surface area contributed by atoms with Gasteiger partial charge in [0.15, 0.2) is 0 Å². The summed E-state index contributed by atoms with van der Waals surface area (Å²) in [6, 6.07) is 12.6. The minimum atomic E-state index is -4.38. The predicted molar refractivity (Wildman–Crippen MR) is 104 cm³/mol. The van der Waals surface area contributed by atoms with Crippen LogP contribution in [0.5, 0.6) is 0 Å². The van der Waals surface area contributed by atoms with Gasteiger partial charge in [0.2, 0.25) is 5.91 Å². The van der Waals surface area contributed by atoms with E-state index in [0.29, 0.717) is 24.7 Å². The highest BCUT2D eigenvalue weighted by atomic mass is 19.4. The monoisotopic (exact) mass is 403 g/mol. The number of carbonyl (C=O) groups is 1. The third-order valence-corrected chi connectivity index (χ3v) is 6.05. The summed E-state index contributed by atoms with van der Waals surface area (Å²) in [5.74, 6) is 1.16. The molecule has 0 saturated carbocycles. The fraction of sp³-hybridized carbons (Fsp3) is 0.455. The SMILES string of the molecule is O=C(CCc1ccccc1)N1CCC2CCN(c3ccc(C(F)(F)F)cn3)CC21. The number of benzene rings is 1. The van der Waals surface area contributed by atoms with Crippen molar-refractivity contribution in [1.29, 1.82) is 0 Å². The Balaban J connectivity index is 1.40. The first-order chi connectivity index (χ1) is 13.9. The van der Waals surface area contributed by atoms with Gasteiger partial charge in [-0.3, -0.25) is 4.79 Å². The van der Waals surface area contributed by atoms with Crippen molar-refractivity contribution in [3.05, 3.63) is 59.8 Å². The Labute approximate surface area is 168 Å². The van der Waals surface area contributed by atoms with Crippen LogP contribution in [0.15, 0.2) is 48.7 Å². The van der Waals surface area contributed by atoms with E-state index in [-0.39, 0.29) is 11.9 Å². The molecular formula is C22H24F3N3O. The molecule has 2 aromatic rings. The molecule has 0 spiro atoms. The number of rotatable bonds is 4. The molecule has 3 heterocycles. The van der Waals surface area contributed by atoms with Gasteiger partial charge in [-0.05, 0) is 42.9 Å². The highest BCUT2D eigenvalue weighted by Gasteiger charge is 2.40. The number of alkyl halides is 3. The number of aryl methyl sites for hydroxylation is 1. The summed E-state index contributed by atoms with van der Waals surface area (Å²) in [4.78, 5) is 20.9. The second-order valence-corrected chi connectivity index (χ2v) is 7.83. The molecule has 1 aromatic carbocycles. The van der Waals surface area contributed by atoms with Crippen LogP contribution in [-0.4, -0.2) is 41.5 Å². The number of hydrogen-bond acceptors (Lipinski definition) is 3. The average molecular weight is 403 g/mol. The minimum Gasteiger partial charge on any atom is -0.355 e.